The van der Waals surface area contributed by atoms with Gasteiger partial charge in [0.2, 0.25) is 17.7 Å². The van der Waals surface area contributed by atoms with Gasteiger partial charge in [-0.15, -0.1) is 11.3 Å². The number of nitrogens with one attached hydrogen (secondary N) is 4. The van der Waals surface area contributed by atoms with Crippen molar-refractivity contribution < 1.29 is 28.7 Å². The highest BCUT2D eigenvalue weighted by Crippen LogP contribution is 2.32. The molecule has 7 rings (SSSR count). The summed E-state index contributed by atoms with van der Waals surface area (Å²) in [5.74, 6) is 0.335. The predicted molar refractivity (Wildman–Crippen MR) is 238 cm³/mol. The number of carbonyl (C=O) groups excluding carboxylic acids is 4. The molecule has 2 aromatic carbocycles. The highest BCUT2D eigenvalue weighted by Gasteiger charge is 2.42. The number of aromatic amines is 1. The van der Waals surface area contributed by atoms with E-state index in [0.717, 1.165) is 41.0 Å². The number of H-pyrrole nitrogens is 1. The van der Waals surface area contributed by atoms with Crippen molar-refractivity contribution in [2.75, 3.05) is 45.2 Å². The van der Waals surface area contributed by atoms with E-state index in [4.69, 9.17) is 9.47 Å². The minimum atomic E-state index is -0.788. The molecule has 0 unspecified atom stereocenters. The number of carbonyl (C=O) groups is 4. The molecule has 0 bridgehead atoms. The van der Waals surface area contributed by atoms with Gasteiger partial charge in [0, 0.05) is 25.4 Å². The second-order valence-electron chi connectivity index (χ2n) is 17.0. The van der Waals surface area contributed by atoms with Gasteiger partial charge in [0.15, 0.2) is 0 Å². The highest BCUT2D eigenvalue weighted by atomic mass is 32.1. The molecule has 326 valence electrons. The molecule has 2 fully saturated rings. The average molecular weight is 862 g/mol. The van der Waals surface area contributed by atoms with Gasteiger partial charge in [-0.1, -0.05) is 51.1 Å². The van der Waals surface area contributed by atoms with Gasteiger partial charge in [0.25, 0.3) is 5.91 Å². The molecule has 0 saturated carbocycles. The van der Waals surface area contributed by atoms with Crippen molar-refractivity contribution in [1.29, 1.82) is 0 Å². The van der Waals surface area contributed by atoms with E-state index in [9.17, 15) is 19.2 Å². The Morgan fingerprint density at radius 3 is 2.47 bits per heavy atom. The lowest BCUT2D eigenvalue weighted by molar-refractivity contribution is -0.144. The molecule has 2 atom stereocenters. The number of hydrogen-bond acceptors (Lipinski definition) is 11. The standard InChI is InChI=1S/C46H55N9O6S/c1-29-41(62-28-48-29)32-13-11-30(12-14-32)25-47-44(58)38-10-7-21-55(38)45(59)42(46(2,3)4)52-40(56)26-54-22-18-31(19-23-54)27-61-33-15-16-36(39(24-33)60-5)51-43(57)37-9-6-8-34(50-37)35-17-20-49-53-35/h6,8-9,11-17,20,24,28,31,38,42H,7,10,18-19,21-23,25-27H2,1-5H3,(H,47,58)(H,49,53)(H,51,57)(H,52,56)/t38-,42+/m0/s1. The summed E-state index contributed by atoms with van der Waals surface area (Å²) in [5, 5.41) is 15.8. The third kappa shape index (κ3) is 10.8. The molecule has 2 aliphatic heterocycles. The zero-order valence-corrected chi connectivity index (χ0v) is 36.7. The topological polar surface area (TPSA) is 184 Å². The predicted octanol–water partition coefficient (Wildman–Crippen LogP) is 6.09. The lowest BCUT2D eigenvalue weighted by Crippen LogP contribution is -2.58. The number of hydrogen-bond donors (Lipinski definition) is 4. The number of aryl methyl sites for hydroxylation is 1. The maximum atomic E-state index is 14.1. The second-order valence-corrected chi connectivity index (χ2v) is 17.8. The molecule has 5 heterocycles. The van der Waals surface area contributed by atoms with Crippen LogP contribution in [0, 0.1) is 18.3 Å². The third-order valence-corrected chi connectivity index (χ3v) is 12.4. The highest BCUT2D eigenvalue weighted by molar-refractivity contribution is 7.13. The summed E-state index contributed by atoms with van der Waals surface area (Å²) in [6.45, 7) is 10.7. The molecule has 0 aliphatic carbocycles. The maximum Gasteiger partial charge on any atom is 0.274 e. The van der Waals surface area contributed by atoms with Crippen molar-refractivity contribution in [1.82, 2.24) is 40.6 Å². The number of nitrogens with zero attached hydrogens (tertiary/aromatic N) is 5. The van der Waals surface area contributed by atoms with E-state index in [2.05, 4.69) is 41.0 Å². The number of benzene rings is 2. The number of likely N-dealkylation sites (tertiary alicyclic amines) is 2. The number of methoxy groups -OCH3 is 1. The van der Waals surface area contributed by atoms with Crippen LogP contribution >= 0.6 is 11.3 Å². The van der Waals surface area contributed by atoms with Crippen LogP contribution in [0.4, 0.5) is 5.69 Å². The maximum absolute atomic E-state index is 14.1. The van der Waals surface area contributed by atoms with E-state index < -0.39 is 17.5 Å². The number of amides is 4. The van der Waals surface area contributed by atoms with Gasteiger partial charge in [-0.2, -0.15) is 5.10 Å². The Hall–Kier alpha value is -6.13. The minimum Gasteiger partial charge on any atom is -0.494 e. The van der Waals surface area contributed by atoms with Crippen LogP contribution < -0.4 is 25.4 Å². The van der Waals surface area contributed by atoms with Crippen molar-refractivity contribution in [2.45, 2.75) is 72.0 Å². The monoisotopic (exact) mass is 861 g/mol. The number of rotatable bonds is 15. The first-order valence-corrected chi connectivity index (χ1v) is 21.9. The summed E-state index contributed by atoms with van der Waals surface area (Å²) in [7, 11) is 1.54. The molecule has 16 heteroatoms. The van der Waals surface area contributed by atoms with Crippen LogP contribution in [0.5, 0.6) is 11.5 Å². The summed E-state index contributed by atoms with van der Waals surface area (Å²) >= 11 is 1.60. The molecule has 62 heavy (non-hydrogen) atoms. The second kappa shape index (κ2) is 19.7. The fourth-order valence-corrected chi connectivity index (χ4v) is 8.68. The molecule has 2 aliphatic rings. The third-order valence-electron chi connectivity index (χ3n) is 11.4. The van der Waals surface area contributed by atoms with Crippen molar-refractivity contribution in [3.63, 3.8) is 0 Å². The Kier molecular flexibility index (Phi) is 14.0. The first kappa shape index (κ1) is 43.9. The van der Waals surface area contributed by atoms with Crippen LogP contribution in [0.25, 0.3) is 21.8 Å². The number of piperidine rings is 1. The van der Waals surface area contributed by atoms with Crippen molar-refractivity contribution in [2.24, 2.45) is 11.3 Å². The van der Waals surface area contributed by atoms with E-state index in [1.807, 2.05) is 57.5 Å². The SMILES string of the molecule is COc1cc(OCC2CCN(CC(=O)N[C@H](C(=O)N3CCC[C@H]3C(=O)NCc3ccc(-c4scnc4C)cc3)C(C)(C)C)CC2)ccc1NC(=O)c1cccc(-c2ccn[nH]2)n1. The fraction of sp³-hybridized carbons (Fsp3) is 0.413. The number of thiazole rings is 1. The Morgan fingerprint density at radius 1 is 0.984 bits per heavy atom. The van der Waals surface area contributed by atoms with E-state index in [0.29, 0.717) is 67.8 Å². The van der Waals surface area contributed by atoms with Crippen LogP contribution in [-0.2, 0) is 20.9 Å². The van der Waals surface area contributed by atoms with Crippen molar-refractivity contribution >= 4 is 40.7 Å². The molecule has 15 nitrogen and oxygen atoms in total. The van der Waals surface area contributed by atoms with Crippen LogP contribution in [0.1, 0.15) is 68.2 Å². The smallest absolute Gasteiger partial charge is 0.274 e. The van der Waals surface area contributed by atoms with Crippen LogP contribution in [-0.4, -0.2) is 106 Å². The van der Waals surface area contributed by atoms with Gasteiger partial charge in [0.05, 0.1) is 53.4 Å². The molecule has 0 spiro atoms. The summed E-state index contributed by atoms with van der Waals surface area (Å²) in [4.78, 5) is 67.8. The first-order chi connectivity index (χ1) is 29.9. The van der Waals surface area contributed by atoms with Gasteiger partial charge in [-0.3, -0.25) is 29.2 Å². The molecule has 4 amide bonds. The Bertz CT molecular complexity index is 2330. The number of aromatic nitrogens is 4. The van der Waals surface area contributed by atoms with E-state index in [1.165, 1.54) is 7.11 Å². The van der Waals surface area contributed by atoms with E-state index >= 15 is 0 Å². The molecule has 3 aromatic heterocycles. The molecular formula is C46H55N9O6S. The fourth-order valence-electron chi connectivity index (χ4n) is 7.87. The van der Waals surface area contributed by atoms with Gasteiger partial charge < -0.3 is 30.3 Å². The lowest BCUT2D eigenvalue weighted by atomic mass is 9.85. The Balaban J connectivity index is 0.857. The first-order valence-electron chi connectivity index (χ1n) is 21.0. The zero-order valence-electron chi connectivity index (χ0n) is 35.9. The zero-order chi connectivity index (χ0) is 43.8. The van der Waals surface area contributed by atoms with Crippen LogP contribution in [0.3, 0.4) is 0 Å². The summed E-state index contributed by atoms with van der Waals surface area (Å²) in [6.07, 6.45) is 4.59. The molecule has 0 radical (unpaired) electrons. The van der Waals surface area contributed by atoms with E-state index in [1.54, 1.807) is 64.9 Å². The normalized spacial score (nSPS) is 16.4. The molecule has 2 saturated heterocycles. The largest absolute Gasteiger partial charge is 0.494 e. The van der Waals surface area contributed by atoms with Gasteiger partial charge in [-0.05, 0) is 98.5 Å². The molecule has 4 N–H and O–H groups in total. The summed E-state index contributed by atoms with van der Waals surface area (Å²) < 4.78 is 11.8. The Labute approximate surface area is 366 Å². The van der Waals surface area contributed by atoms with E-state index in [-0.39, 0.29) is 41.8 Å². The summed E-state index contributed by atoms with van der Waals surface area (Å²) in [5.41, 5.74) is 6.36. The molecule has 5 aromatic rings. The van der Waals surface area contributed by atoms with Gasteiger partial charge >= 0.3 is 0 Å². The quantitative estimate of drug-likeness (QED) is 0.0961. The minimum absolute atomic E-state index is 0.173. The average Bonchev–Trinajstić information content (AvgIpc) is 4.08. The van der Waals surface area contributed by atoms with Gasteiger partial charge in [0.1, 0.15) is 29.3 Å². The lowest BCUT2D eigenvalue weighted by Gasteiger charge is -2.36. The van der Waals surface area contributed by atoms with Crippen LogP contribution in [0.15, 0.2) is 78.4 Å². The molecular weight excluding hydrogens is 807 g/mol. The van der Waals surface area contributed by atoms with Gasteiger partial charge in [-0.25, -0.2) is 9.97 Å². The van der Waals surface area contributed by atoms with Crippen molar-refractivity contribution in [3.05, 3.63) is 95.4 Å². The van der Waals surface area contributed by atoms with Crippen molar-refractivity contribution in [3.8, 4) is 33.3 Å². The Morgan fingerprint density at radius 2 is 1.77 bits per heavy atom. The van der Waals surface area contributed by atoms with Crippen LogP contribution in [0.2, 0.25) is 0 Å². The summed E-state index contributed by atoms with van der Waals surface area (Å²) in [6, 6.07) is 19.0. The number of anilines is 1. The number of ether oxygens (including phenoxy) is 2. The number of pyridine rings is 1.